The van der Waals surface area contributed by atoms with Gasteiger partial charge in [0.05, 0.1) is 0 Å². The highest BCUT2D eigenvalue weighted by Crippen LogP contribution is 2.22. The molecule has 13 heavy (non-hydrogen) atoms. The van der Waals surface area contributed by atoms with Crippen LogP contribution < -0.4 is 5.73 Å². The Labute approximate surface area is 82.5 Å². The molecule has 2 nitrogen and oxygen atoms in total. The van der Waals surface area contributed by atoms with E-state index in [0.29, 0.717) is 12.0 Å². The van der Waals surface area contributed by atoms with Crippen molar-refractivity contribution in [3.05, 3.63) is 0 Å². The SMILES string of the molecule is CC1CN(C[C@H](N)C(C)C)CC1C. The predicted octanol–water partition coefficient (Wildman–Crippen LogP) is 1.56. The summed E-state index contributed by atoms with van der Waals surface area (Å²) in [4.78, 5) is 2.51. The molecule has 1 heterocycles. The molecule has 1 fully saturated rings. The molecule has 2 unspecified atom stereocenters. The van der Waals surface area contributed by atoms with E-state index in [9.17, 15) is 0 Å². The van der Waals surface area contributed by atoms with Crippen molar-refractivity contribution in [1.29, 1.82) is 0 Å². The van der Waals surface area contributed by atoms with E-state index in [1.807, 2.05) is 0 Å². The van der Waals surface area contributed by atoms with E-state index in [2.05, 4.69) is 32.6 Å². The Morgan fingerprint density at radius 3 is 2.08 bits per heavy atom. The number of likely N-dealkylation sites (tertiary alicyclic amines) is 1. The van der Waals surface area contributed by atoms with Gasteiger partial charge in [0.1, 0.15) is 0 Å². The zero-order chi connectivity index (χ0) is 10.0. The normalized spacial score (nSPS) is 32.8. The molecule has 0 spiro atoms. The quantitative estimate of drug-likeness (QED) is 0.721. The second-order valence-corrected chi connectivity index (χ2v) is 5.08. The molecular formula is C11H24N2. The first-order chi connectivity index (χ1) is 6.00. The van der Waals surface area contributed by atoms with Crippen LogP contribution in [-0.2, 0) is 0 Å². The fourth-order valence-electron chi connectivity index (χ4n) is 1.91. The van der Waals surface area contributed by atoms with Gasteiger partial charge in [-0.25, -0.2) is 0 Å². The molecule has 0 aromatic rings. The Hall–Kier alpha value is -0.0800. The zero-order valence-corrected chi connectivity index (χ0v) is 9.46. The van der Waals surface area contributed by atoms with Crippen LogP contribution in [0.15, 0.2) is 0 Å². The van der Waals surface area contributed by atoms with Gasteiger partial charge < -0.3 is 10.6 Å². The summed E-state index contributed by atoms with van der Waals surface area (Å²) in [6.07, 6.45) is 0. The number of nitrogens with zero attached hydrogens (tertiary/aromatic N) is 1. The largest absolute Gasteiger partial charge is 0.326 e. The summed E-state index contributed by atoms with van der Waals surface area (Å²) in [5.41, 5.74) is 6.05. The number of hydrogen-bond acceptors (Lipinski definition) is 2. The molecule has 0 radical (unpaired) electrons. The maximum atomic E-state index is 6.05. The van der Waals surface area contributed by atoms with Gasteiger partial charge in [-0.1, -0.05) is 27.7 Å². The molecule has 78 valence electrons. The van der Waals surface area contributed by atoms with Crippen molar-refractivity contribution in [3.8, 4) is 0 Å². The third-order valence-electron chi connectivity index (χ3n) is 3.39. The lowest BCUT2D eigenvalue weighted by Gasteiger charge is -2.23. The Morgan fingerprint density at radius 1 is 1.23 bits per heavy atom. The van der Waals surface area contributed by atoms with Gasteiger partial charge in [0, 0.05) is 25.7 Å². The summed E-state index contributed by atoms with van der Waals surface area (Å²) in [6, 6.07) is 0.345. The summed E-state index contributed by atoms with van der Waals surface area (Å²) in [5, 5.41) is 0. The third-order valence-corrected chi connectivity index (χ3v) is 3.39. The van der Waals surface area contributed by atoms with Crippen molar-refractivity contribution >= 4 is 0 Å². The first-order valence-corrected chi connectivity index (χ1v) is 5.48. The molecule has 0 amide bonds. The van der Waals surface area contributed by atoms with Crippen LogP contribution in [0.2, 0.25) is 0 Å². The molecule has 1 rings (SSSR count). The van der Waals surface area contributed by atoms with Gasteiger partial charge >= 0.3 is 0 Å². The molecule has 0 saturated carbocycles. The molecule has 1 aliphatic rings. The number of rotatable bonds is 3. The van der Waals surface area contributed by atoms with Crippen LogP contribution in [0.25, 0.3) is 0 Å². The maximum absolute atomic E-state index is 6.05. The van der Waals surface area contributed by atoms with Gasteiger partial charge in [-0.2, -0.15) is 0 Å². The van der Waals surface area contributed by atoms with Crippen molar-refractivity contribution in [2.75, 3.05) is 19.6 Å². The molecule has 2 heteroatoms. The van der Waals surface area contributed by atoms with E-state index < -0.39 is 0 Å². The average Bonchev–Trinajstić information content (AvgIpc) is 2.31. The second-order valence-electron chi connectivity index (χ2n) is 5.08. The van der Waals surface area contributed by atoms with E-state index in [-0.39, 0.29) is 0 Å². The summed E-state index contributed by atoms with van der Waals surface area (Å²) in [7, 11) is 0. The van der Waals surface area contributed by atoms with Crippen LogP contribution in [0.5, 0.6) is 0 Å². The number of hydrogen-bond donors (Lipinski definition) is 1. The first kappa shape index (κ1) is 11.0. The highest BCUT2D eigenvalue weighted by molar-refractivity contribution is 4.81. The first-order valence-electron chi connectivity index (χ1n) is 5.48. The van der Waals surface area contributed by atoms with E-state index in [1.54, 1.807) is 0 Å². The molecule has 1 aliphatic heterocycles. The molecule has 1 saturated heterocycles. The zero-order valence-electron chi connectivity index (χ0n) is 9.46. The van der Waals surface area contributed by atoms with Crippen molar-refractivity contribution in [1.82, 2.24) is 4.90 Å². The van der Waals surface area contributed by atoms with Crippen molar-refractivity contribution < 1.29 is 0 Å². The summed E-state index contributed by atoms with van der Waals surface area (Å²) < 4.78 is 0. The van der Waals surface area contributed by atoms with Gasteiger partial charge in [-0.3, -0.25) is 0 Å². The molecule has 0 aromatic heterocycles. The highest BCUT2D eigenvalue weighted by Gasteiger charge is 2.27. The Bertz CT molecular complexity index is 146. The van der Waals surface area contributed by atoms with Crippen LogP contribution in [0.1, 0.15) is 27.7 Å². The molecule has 2 N–H and O–H groups in total. The fourth-order valence-corrected chi connectivity index (χ4v) is 1.91. The minimum atomic E-state index is 0.345. The molecule has 0 aromatic carbocycles. The van der Waals surface area contributed by atoms with Crippen LogP contribution >= 0.6 is 0 Å². The Balaban J connectivity index is 2.31. The van der Waals surface area contributed by atoms with E-state index in [4.69, 9.17) is 5.73 Å². The van der Waals surface area contributed by atoms with Crippen LogP contribution in [0, 0.1) is 17.8 Å². The van der Waals surface area contributed by atoms with Crippen LogP contribution in [0.3, 0.4) is 0 Å². The lowest BCUT2D eigenvalue weighted by molar-refractivity contribution is 0.275. The minimum absolute atomic E-state index is 0.345. The Morgan fingerprint density at radius 2 is 1.69 bits per heavy atom. The molecular weight excluding hydrogens is 160 g/mol. The van der Waals surface area contributed by atoms with Crippen molar-refractivity contribution in [3.63, 3.8) is 0 Å². The topological polar surface area (TPSA) is 29.3 Å². The monoisotopic (exact) mass is 184 g/mol. The predicted molar refractivity (Wildman–Crippen MR) is 57.6 cm³/mol. The van der Waals surface area contributed by atoms with Gasteiger partial charge in [-0.15, -0.1) is 0 Å². The smallest absolute Gasteiger partial charge is 0.0191 e. The molecule has 0 aliphatic carbocycles. The second kappa shape index (κ2) is 4.43. The summed E-state index contributed by atoms with van der Waals surface area (Å²) in [5.74, 6) is 2.30. The molecule has 0 bridgehead atoms. The van der Waals surface area contributed by atoms with Crippen molar-refractivity contribution in [2.24, 2.45) is 23.5 Å². The van der Waals surface area contributed by atoms with Gasteiger partial charge in [0.15, 0.2) is 0 Å². The summed E-state index contributed by atoms with van der Waals surface area (Å²) >= 11 is 0. The average molecular weight is 184 g/mol. The minimum Gasteiger partial charge on any atom is -0.326 e. The maximum Gasteiger partial charge on any atom is 0.0191 e. The fraction of sp³-hybridized carbons (Fsp3) is 1.00. The van der Waals surface area contributed by atoms with E-state index >= 15 is 0 Å². The summed E-state index contributed by atoms with van der Waals surface area (Å²) in [6.45, 7) is 12.6. The number of nitrogens with two attached hydrogens (primary N) is 1. The van der Waals surface area contributed by atoms with Gasteiger partial charge in [-0.05, 0) is 17.8 Å². The van der Waals surface area contributed by atoms with Crippen LogP contribution in [0.4, 0.5) is 0 Å². The molecule has 3 atom stereocenters. The lowest BCUT2D eigenvalue weighted by atomic mass is 10.0. The van der Waals surface area contributed by atoms with Gasteiger partial charge in [0.2, 0.25) is 0 Å². The Kier molecular flexibility index (Phi) is 3.74. The highest BCUT2D eigenvalue weighted by atomic mass is 15.2. The van der Waals surface area contributed by atoms with Gasteiger partial charge in [0.25, 0.3) is 0 Å². The van der Waals surface area contributed by atoms with Crippen LogP contribution in [-0.4, -0.2) is 30.6 Å². The standard InChI is InChI=1S/C11H24N2/c1-8(2)11(12)7-13-5-9(3)10(4)6-13/h8-11H,5-7,12H2,1-4H3/t9?,10?,11-/m0/s1. The van der Waals surface area contributed by atoms with E-state index in [0.717, 1.165) is 18.4 Å². The van der Waals surface area contributed by atoms with Crippen molar-refractivity contribution in [2.45, 2.75) is 33.7 Å². The third kappa shape index (κ3) is 2.96. The lowest BCUT2D eigenvalue weighted by Crippen LogP contribution is -2.39. The van der Waals surface area contributed by atoms with E-state index in [1.165, 1.54) is 13.1 Å².